The summed E-state index contributed by atoms with van der Waals surface area (Å²) in [5.41, 5.74) is 0. The second-order valence-corrected chi connectivity index (χ2v) is 7.49. The maximum absolute atomic E-state index is 3.92. The second-order valence-electron chi connectivity index (χ2n) is 6.22. The zero-order valence-electron chi connectivity index (χ0n) is 11.1. The smallest absolute Gasteiger partial charge is 0.0281 e. The topological polar surface area (TPSA) is 15.3 Å². The molecule has 98 valence electrons. The Morgan fingerprint density at radius 2 is 1.94 bits per heavy atom. The third-order valence-corrected chi connectivity index (χ3v) is 6.71. The minimum atomic E-state index is 0.575. The van der Waals surface area contributed by atoms with Crippen molar-refractivity contribution in [1.82, 2.24) is 10.2 Å². The van der Waals surface area contributed by atoms with E-state index in [1.807, 2.05) is 0 Å². The predicted molar refractivity (Wildman–Crippen MR) is 75.7 cm³/mol. The maximum atomic E-state index is 3.92. The van der Waals surface area contributed by atoms with Crippen LogP contribution in [0.3, 0.4) is 0 Å². The number of piperidine rings is 3. The first-order valence-corrected chi connectivity index (χ1v) is 8.55. The van der Waals surface area contributed by atoms with Crippen LogP contribution in [0.5, 0.6) is 0 Å². The summed E-state index contributed by atoms with van der Waals surface area (Å²) < 4.78 is 0.575. The molecule has 4 aliphatic rings. The van der Waals surface area contributed by atoms with Crippen LogP contribution < -0.4 is 5.32 Å². The van der Waals surface area contributed by atoms with Crippen molar-refractivity contribution in [2.75, 3.05) is 32.4 Å². The van der Waals surface area contributed by atoms with Crippen LogP contribution in [0.15, 0.2) is 0 Å². The lowest BCUT2D eigenvalue weighted by atomic mass is 9.84. The monoisotopic (exact) mass is 254 g/mol. The van der Waals surface area contributed by atoms with E-state index in [1.54, 1.807) is 0 Å². The van der Waals surface area contributed by atoms with Crippen molar-refractivity contribution in [1.29, 1.82) is 0 Å². The Hall–Kier alpha value is 0.270. The maximum Gasteiger partial charge on any atom is 0.0281 e. The summed E-state index contributed by atoms with van der Waals surface area (Å²) in [4.78, 5) is 2.65. The van der Waals surface area contributed by atoms with E-state index in [-0.39, 0.29) is 0 Å². The first-order chi connectivity index (χ1) is 8.31. The number of rotatable bonds is 4. The van der Waals surface area contributed by atoms with Crippen molar-refractivity contribution in [3.8, 4) is 0 Å². The third kappa shape index (κ3) is 2.52. The van der Waals surface area contributed by atoms with Crippen LogP contribution in [0.2, 0.25) is 0 Å². The van der Waals surface area contributed by atoms with E-state index in [4.69, 9.17) is 0 Å². The van der Waals surface area contributed by atoms with E-state index in [9.17, 15) is 0 Å². The van der Waals surface area contributed by atoms with Gasteiger partial charge in [0, 0.05) is 23.9 Å². The molecule has 1 N–H and O–H groups in total. The summed E-state index contributed by atoms with van der Waals surface area (Å²) in [6, 6.07) is 0.794. The van der Waals surface area contributed by atoms with Gasteiger partial charge in [-0.3, -0.25) is 0 Å². The Bertz CT molecular complexity index is 255. The summed E-state index contributed by atoms with van der Waals surface area (Å²) in [6.07, 6.45) is 10.9. The van der Waals surface area contributed by atoms with Gasteiger partial charge in [0.25, 0.3) is 0 Å². The van der Waals surface area contributed by atoms with Crippen LogP contribution in [0.25, 0.3) is 0 Å². The van der Waals surface area contributed by atoms with E-state index < -0.39 is 0 Å². The Morgan fingerprint density at radius 1 is 1.24 bits per heavy atom. The minimum Gasteiger partial charge on any atom is -0.311 e. The minimum absolute atomic E-state index is 0.575. The molecule has 0 aromatic rings. The molecular weight excluding hydrogens is 228 g/mol. The molecule has 0 amide bonds. The molecular formula is C14H26N2S. The highest BCUT2D eigenvalue weighted by Gasteiger charge is 2.37. The standard InChI is InChI=1S/C14H26N2S/c1-17-14(6-2-3-7-14)11-15-13-10-16-8-4-12(13)5-9-16/h12-13,15H,2-11H2,1H3. The molecule has 1 atom stereocenters. The molecule has 3 aliphatic heterocycles. The van der Waals surface area contributed by atoms with Gasteiger partial charge in [0.05, 0.1) is 0 Å². The van der Waals surface area contributed by atoms with Gasteiger partial charge in [-0.2, -0.15) is 11.8 Å². The lowest BCUT2D eigenvalue weighted by molar-refractivity contribution is 0.0717. The molecule has 2 nitrogen and oxygen atoms in total. The van der Waals surface area contributed by atoms with Crippen molar-refractivity contribution >= 4 is 11.8 Å². The fourth-order valence-corrected chi connectivity index (χ4v) is 4.91. The molecule has 0 aromatic carbocycles. The number of hydrogen-bond donors (Lipinski definition) is 1. The molecule has 0 spiro atoms. The highest BCUT2D eigenvalue weighted by molar-refractivity contribution is 8.00. The van der Waals surface area contributed by atoms with E-state index in [0.29, 0.717) is 4.75 Å². The van der Waals surface area contributed by atoms with Crippen LogP contribution >= 0.6 is 11.8 Å². The van der Waals surface area contributed by atoms with Crippen LogP contribution in [0.4, 0.5) is 0 Å². The van der Waals surface area contributed by atoms with E-state index in [1.165, 1.54) is 64.7 Å². The van der Waals surface area contributed by atoms with E-state index >= 15 is 0 Å². The molecule has 0 aromatic heterocycles. The molecule has 1 saturated carbocycles. The van der Waals surface area contributed by atoms with Crippen molar-refractivity contribution in [3.63, 3.8) is 0 Å². The molecule has 17 heavy (non-hydrogen) atoms. The van der Waals surface area contributed by atoms with Gasteiger partial charge in [0.1, 0.15) is 0 Å². The van der Waals surface area contributed by atoms with Crippen LogP contribution in [0, 0.1) is 5.92 Å². The first-order valence-electron chi connectivity index (χ1n) is 7.32. The number of thioether (sulfide) groups is 1. The summed E-state index contributed by atoms with van der Waals surface area (Å²) in [6.45, 7) is 5.28. The molecule has 3 saturated heterocycles. The largest absolute Gasteiger partial charge is 0.311 e. The van der Waals surface area contributed by atoms with Crippen molar-refractivity contribution < 1.29 is 0 Å². The number of nitrogens with one attached hydrogen (secondary N) is 1. The molecule has 4 fully saturated rings. The predicted octanol–water partition coefficient (Wildman–Crippen LogP) is 2.35. The fraction of sp³-hybridized carbons (Fsp3) is 1.00. The summed E-state index contributed by atoms with van der Waals surface area (Å²) in [5.74, 6) is 0.973. The van der Waals surface area contributed by atoms with E-state index in [2.05, 4.69) is 28.2 Å². The summed E-state index contributed by atoms with van der Waals surface area (Å²) in [5, 5.41) is 3.92. The molecule has 4 rings (SSSR count). The van der Waals surface area contributed by atoms with Crippen molar-refractivity contribution in [2.24, 2.45) is 5.92 Å². The highest BCUT2D eigenvalue weighted by Crippen LogP contribution is 2.40. The zero-order chi connectivity index (χ0) is 11.7. The van der Waals surface area contributed by atoms with E-state index in [0.717, 1.165) is 12.0 Å². The van der Waals surface area contributed by atoms with Crippen molar-refractivity contribution in [2.45, 2.75) is 49.3 Å². The quantitative estimate of drug-likeness (QED) is 0.829. The van der Waals surface area contributed by atoms with Crippen LogP contribution in [-0.2, 0) is 0 Å². The average molecular weight is 254 g/mol. The molecule has 0 radical (unpaired) electrons. The summed E-state index contributed by atoms with van der Waals surface area (Å²) in [7, 11) is 0. The van der Waals surface area contributed by atoms with Crippen molar-refractivity contribution in [3.05, 3.63) is 0 Å². The second kappa shape index (κ2) is 5.10. The fourth-order valence-electron chi connectivity index (χ4n) is 3.99. The Balaban J connectivity index is 1.53. The van der Waals surface area contributed by atoms with Crippen LogP contribution in [-0.4, -0.2) is 48.1 Å². The van der Waals surface area contributed by atoms with Crippen LogP contribution in [0.1, 0.15) is 38.5 Å². The number of nitrogens with zero attached hydrogens (tertiary/aromatic N) is 1. The Labute approximate surface area is 110 Å². The van der Waals surface area contributed by atoms with Gasteiger partial charge in [-0.05, 0) is 50.9 Å². The highest BCUT2D eigenvalue weighted by atomic mass is 32.2. The number of hydrogen-bond acceptors (Lipinski definition) is 3. The van der Waals surface area contributed by atoms with Gasteiger partial charge in [-0.15, -0.1) is 0 Å². The number of fused-ring (bicyclic) bond motifs is 3. The average Bonchev–Trinajstić information content (AvgIpc) is 2.87. The van der Waals surface area contributed by atoms with Gasteiger partial charge in [-0.25, -0.2) is 0 Å². The molecule has 3 heteroatoms. The van der Waals surface area contributed by atoms with Gasteiger partial charge >= 0.3 is 0 Å². The van der Waals surface area contributed by atoms with Gasteiger partial charge in [0.2, 0.25) is 0 Å². The molecule has 3 heterocycles. The molecule has 1 unspecified atom stereocenters. The SMILES string of the molecule is CSC1(CNC2CN3CCC2CC3)CCCC1. The Morgan fingerprint density at radius 3 is 2.47 bits per heavy atom. The molecule has 2 bridgehead atoms. The first kappa shape index (κ1) is 12.3. The van der Waals surface area contributed by atoms with Gasteiger partial charge in [0.15, 0.2) is 0 Å². The normalized spacial score (nSPS) is 39.7. The third-order valence-electron chi connectivity index (χ3n) is 5.29. The lowest BCUT2D eigenvalue weighted by Crippen LogP contribution is -2.57. The molecule has 1 aliphatic carbocycles. The van der Waals surface area contributed by atoms with Gasteiger partial charge in [-0.1, -0.05) is 12.8 Å². The Kier molecular flexibility index (Phi) is 3.69. The van der Waals surface area contributed by atoms with Gasteiger partial charge < -0.3 is 10.2 Å². The summed E-state index contributed by atoms with van der Waals surface area (Å²) >= 11 is 2.11. The lowest BCUT2D eigenvalue weighted by Gasteiger charge is -2.46. The zero-order valence-corrected chi connectivity index (χ0v) is 11.9.